The number of aromatic amines is 2. The van der Waals surface area contributed by atoms with Gasteiger partial charge in [0.15, 0.2) is 24.8 Å². The highest BCUT2D eigenvalue weighted by Gasteiger charge is 2.28. The summed E-state index contributed by atoms with van der Waals surface area (Å²) in [5, 5.41) is 8.78. The lowest BCUT2D eigenvalue weighted by molar-refractivity contribution is -0.376. The second-order valence-corrected chi connectivity index (χ2v) is 6.05. The number of thiazole rings is 2. The van der Waals surface area contributed by atoms with E-state index < -0.39 is 12.1 Å². The molecule has 0 saturated carbocycles. The maximum Gasteiger partial charge on any atom is 0.430 e. The number of rotatable bonds is 0. The minimum atomic E-state index is -5.19. The number of alkyl halides is 3. The van der Waals surface area contributed by atoms with Crippen molar-refractivity contribution in [3.05, 3.63) is 47.9 Å². The Morgan fingerprint density at radius 1 is 0.962 bits per heavy atom. The Labute approximate surface area is 169 Å². The molecule has 0 bridgehead atoms. The number of aliphatic carboxylic acids is 1. The molecule has 0 aliphatic heterocycles. The second kappa shape index (κ2) is 10.3. The van der Waals surface area contributed by atoms with E-state index in [2.05, 4.69) is 19.9 Å². The average molecular weight is 514 g/mol. The van der Waals surface area contributed by atoms with Crippen molar-refractivity contribution in [2.24, 2.45) is 0 Å². The number of H-pyrrole nitrogens is 2. The number of nitrogens with zero attached hydrogens (tertiary/aromatic N) is 2. The van der Waals surface area contributed by atoms with Crippen LogP contribution in [0.3, 0.4) is 0 Å². The number of carboxylic acid groups (broad SMARTS) is 1. The van der Waals surface area contributed by atoms with E-state index in [0.717, 1.165) is 11.0 Å². The van der Waals surface area contributed by atoms with Crippen LogP contribution in [-0.4, -0.2) is 22.1 Å². The quantitative estimate of drug-likeness (QED) is 0.268. The lowest BCUT2D eigenvalue weighted by Crippen LogP contribution is -3.00. The van der Waals surface area contributed by atoms with Gasteiger partial charge in [0.25, 0.3) is 0 Å². The third-order valence-electron chi connectivity index (χ3n) is 2.58. The number of hydrogen-bond donors (Lipinski definition) is 0. The van der Waals surface area contributed by atoms with Crippen LogP contribution in [0.2, 0.25) is 0 Å². The summed E-state index contributed by atoms with van der Waals surface area (Å²) in [6.45, 7) is 0. The molecule has 0 fully saturated rings. The summed E-state index contributed by atoms with van der Waals surface area (Å²) >= 11 is 3.31. The smallest absolute Gasteiger partial charge is 0.430 e. The van der Waals surface area contributed by atoms with E-state index in [0.29, 0.717) is 0 Å². The van der Waals surface area contributed by atoms with Crippen LogP contribution < -0.4 is 39.1 Å². The Morgan fingerprint density at radius 3 is 1.65 bits per heavy atom. The van der Waals surface area contributed by atoms with E-state index in [1.54, 1.807) is 22.7 Å². The number of fused-ring (bicyclic) bond motifs is 2. The number of carbonyl (C=O) groups is 1. The molecule has 0 aliphatic carbocycles. The van der Waals surface area contributed by atoms with Crippen molar-refractivity contribution in [3.63, 3.8) is 0 Å². The molecule has 26 heavy (non-hydrogen) atoms. The molecular weight excluding hydrogens is 504 g/mol. The van der Waals surface area contributed by atoms with Crippen molar-refractivity contribution in [2.45, 2.75) is 6.18 Å². The highest BCUT2D eigenvalue weighted by atomic mass is 127. The van der Waals surface area contributed by atoms with Crippen LogP contribution in [0.25, 0.3) is 20.4 Å². The molecule has 12 heteroatoms. The van der Waals surface area contributed by atoms with Gasteiger partial charge >= 0.3 is 6.18 Å². The zero-order valence-electron chi connectivity index (χ0n) is 12.7. The third-order valence-corrected chi connectivity index (χ3v) is 4.20. The van der Waals surface area contributed by atoms with Gasteiger partial charge in [0.1, 0.15) is 17.0 Å². The number of carboxylic acids is 1. The fourth-order valence-corrected chi connectivity index (χ4v) is 2.81. The molecule has 0 amide bonds. The van der Waals surface area contributed by atoms with Crippen molar-refractivity contribution in [1.82, 2.24) is 9.97 Å². The van der Waals surface area contributed by atoms with Crippen LogP contribution >= 0.6 is 22.7 Å². The molecule has 4 rings (SSSR count). The molecule has 0 spiro atoms. The van der Waals surface area contributed by atoms with Crippen molar-refractivity contribution < 1.29 is 57.0 Å². The van der Waals surface area contributed by atoms with Crippen LogP contribution in [-0.2, 0) is 4.79 Å². The van der Waals surface area contributed by atoms with Crippen LogP contribution in [0.1, 0.15) is 0 Å². The minimum absolute atomic E-state index is 0. The predicted molar refractivity (Wildman–Crippen MR) is 83.4 cm³/mol. The fraction of sp³-hybridized carbons (Fsp3) is 0.0714. The van der Waals surface area contributed by atoms with Crippen molar-refractivity contribution in [2.75, 3.05) is 0 Å². The Hall–Kier alpha value is -1.93. The molecule has 4 heterocycles. The first-order chi connectivity index (χ1) is 11.9. The van der Waals surface area contributed by atoms with E-state index in [9.17, 15) is 13.2 Å². The maximum atomic E-state index is 10.5. The van der Waals surface area contributed by atoms with E-state index in [1.165, 1.54) is 9.40 Å². The summed E-state index contributed by atoms with van der Waals surface area (Å²) in [7, 11) is 0. The fourth-order valence-electron chi connectivity index (χ4n) is 1.50. The Balaban J connectivity index is 0.000000194. The number of pyridine rings is 2. The predicted octanol–water partition coefficient (Wildman–Crippen LogP) is -1.48. The maximum absolute atomic E-state index is 10.5. The van der Waals surface area contributed by atoms with Crippen LogP contribution in [0.4, 0.5) is 13.2 Å². The monoisotopic (exact) mass is 514 g/mol. The lowest BCUT2D eigenvalue weighted by atomic mass is 10.5. The topological polar surface area (TPSA) is 94.2 Å². The van der Waals surface area contributed by atoms with Crippen LogP contribution in [0.5, 0.6) is 0 Å². The van der Waals surface area contributed by atoms with Gasteiger partial charge in [-0.15, -0.1) is 22.7 Å². The molecule has 0 atom stereocenters. The highest BCUT2D eigenvalue weighted by molar-refractivity contribution is 7.17. The van der Waals surface area contributed by atoms with Crippen molar-refractivity contribution in [1.29, 1.82) is 0 Å². The Bertz CT molecular complexity index is 835. The van der Waals surface area contributed by atoms with E-state index >= 15 is 0 Å². The molecule has 4 aromatic rings. The summed E-state index contributed by atoms with van der Waals surface area (Å²) in [6.07, 6.45) is 2.40. The summed E-state index contributed by atoms with van der Waals surface area (Å²) in [4.78, 5) is 22.9. The molecule has 0 unspecified atom stereocenters. The lowest BCUT2D eigenvalue weighted by Gasteiger charge is -2.03. The Kier molecular flexibility index (Phi) is 8.74. The van der Waals surface area contributed by atoms with Crippen LogP contribution in [0, 0.1) is 0 Å². The summed E-state index contributed by atoms with van der Waals surface area (Å²) in [5.74, 6) is -3.01. The van der Waals surface area contributed by atoms with Gasteiger partial charge in [0, 0.05) is 12.1 Å². The normalized spacial score (nSPS) is 10.1. The zero-order chi connectivity index (χ0) is 18.3. The number of hydrogen-bond acceptors (Lipinski definition) is 6. The molecule has 2 N–H and O–H groups in total. The largest absolute Gasteiger partial charge is 1.00 e. The molecule has 138 valence electrons. The third kappa shape index (κ3) is 6.76. The molecule has 4 aromatic heterocycles. The van der Waals surface area contributed by atoms with Gasteiger partial charge in [-0.1, -0.05) is 0 Å². The molecular formula is C14H10F3IN4O2S2. The second-order valence-electron chi connectivity index (χ2n) is 4.28. The molecule has 0 radical (unpaired) electrons. The van der Waals surface area contributed by atoms with E-state index in [4.69, 9.17) is 9.90 Å². The summed E-state index contributed by atoms with van der Waals surface area (Å²) in [5.41, 5.74) is 5.78. The van der Waals surface area contributed by atoms with Gasteiger partial charge < -0.3 is 33.9 Å². The van der Waals surface area contributed by atoms with Gasteiger partial charge in [0.05, 0.1) is 20.4 Å². The van der Waals surface area contributed by atoms with Gasteiger partial charge in [-0.05, 0) is 0 Å². The minimum Gasteiger partial charge on any atom is -1.00 e. The number of nitrogens with one attached hydrogen (secondary N) is 2. The summed E-state index contributed by atoms with van der Waals surface area (Å²) in [6, 6.07) is 4.04. The first kappa shape index (κ1) is 22.1. The van der Waals surface area contributed by atoms with Crippen molar-refractivity contribution in [3.8, 4) is 0 Å². The molecule has 0 aromatic carbocycles. The van der Waals surface area contributed by atoms with Gasteiger partial charge in [-0.3, -0.25) is 0 Å². The molecule has 0 saturated heterocycles. The van der Waals surface area contributed by atoms with Gasteiger partial charge in [0.2, 0.25) is 0 Å². The van der Waals surface area contributed by atoms with Crippen molar-refractivity contribution >= 4 is 49.1 Å². The zero-order valence-corrected chi connectivity index (χ0v) is 16.4. The van der Waals surface area contributed by atoms with E-state index in [-0.39, 0.29) is 24.0 Å². The molecule has 0 aliphatic rings. The summed E-state index contributed by atoms with van der Waals surface area (Å²) < 4.78 is 34.0. The average Bonchev–Trinajstić information content (AvgIpc) is 3.24. The highest BCUT2D eigenvalue weighted by Crippen LogP contribution is 2.13. The first-order valence-electron chi connectivity index (χ1n) is 6.54. The Morgan fingerprint density at radius 2 is 1.35 bits per heavy atom. The van der Waals surface area contributed by atoms with Crippen LogP contribution in [0.15, 0.2) is 47.9 Å². The van der Waals surface area contributed by atoms with Gasteiger partial charge in [-0.25, -0.2) is 19.9 Å². The SMILES string of the molecule is O=C([O-])C(F)(F)F.[I-].c1cc2scnc2c[nH+]1.c1cc2scnc2c[nH+]1. The standard InChI is InChI=1S/2C6H4N2S.C2HF3O2.HI/c2*1-2-7-3-5-6(1)9-4-8-5;3-2(4,5)1(6)7;/h2*1-4H;(H,6,7);1H. The first-order valence-corrected chi connectivity index (χ1v) is 8.30. The van der Waals surface area contributed by atoms with E-state index in [1.807, 2.05) is 47.9 Å². The number of halogens is 4. The number of carbonyl (C=O) groups excluding carboxylic acids is 1. The number of aromatic nitrogens is 4. The van der Waals surface area contributed by atoms with Gasteiger partial charge in [-0.2, -0.15) is 13.2 Å². The molecule has 6 nitrogen and oxygen atoms in total.